The largest absolute Gasteiger partial charge is 0.490 e. The SMILES string of the molecule is CCOc1cc(CNCCCSc2nnnn2-c2ccccc2)ccc1OCc1ccc(C)cc1.Cl. The minimum atomic E-state index is 0. The van der Waals surface area contributed by atoms with E-state index in [1.54, 1.807) is 16.4 Å². The fraction of sp³-hybridized carbons (Fsp3) is 0.296. The molecule has 0 atom stereocenters. The number of rotatable bonds is 13. The molecule has 0 fully saturated rings. The fourth-order valence-electron chi connectivity index (χ4n) is 3.49. The van der Waals surface area contributed by atoms with Crippen molar-refractivity contribution in [1.82, 2.24) is 25.5 Å². The lowest BCUT2D eigenvalue weighted by molar-refractivity contribution is 0.269. The van der Waals surface area contributed by atoms with Crippen molar-refractivity contribution in [2.75, 3.05) is 18.9 Å². The van der Waals surface area contributed by atoms with Gasteiger partial charge in [-0.3, -0.25) is 0 Å². The Hall–Kier alpha value is -3.07. The molecule has 0 aliphatic rings. The third-order valence-electron chi connectivity index (χ3n) is 5.32. The molecular weight excluding hydrogens is 494 g/mol. The van der Waals surface area contributed by atoms with Crippen LogP contribution < -0.4 is 14.8 Å². The van der Waals surface area contributed by atoms with Gasteiger partial charge in [0.05, 0.1) is 12.3 Å². The van der Waals surface area contributed by atoms with Crippen LogP contribution in [0.4, 0.5) is 0 Å². The van der Waals surface area contributed by atoms with Gasteiger partial charge in [0.15, 0.2) is 11.5 Å². The summed E-state index contributed by atoms with van der Waals surface area (Å²) < 4.78 is 13.7. The number of halogens is 1. The molecule has 1 N–H and O–H groups in total. The summed E-state index contributed by atoms with van der Waals surface area (Å²) in [6.07, 6.45) is 1.00. The Morgan fingerprint density at radius 1 is 0.917 bits per heavy atom. The van der Waals surface area contributed by atoms with Crippen molar-refractivity contribution in [3.63, 3.8) is 0 Å². The van der Waals surface area contributed by atoms with Gasteiger partial charge in [-0.25, -0.2) is 0 Å². The highest BCUT2D eigenvalue weighted by molar-refractivity contribution is 7.99. The van der Waals surface area contributed by atoms with Gasteiger partial charge in [-0.2, -0.15) is 4.68 Å². The lowest BCUT2D eigenvalue weighted by Gasteiger charge is -2.14. The number of nitrogens with one attached hydrogen (secondary N) is 1. The van der Waals surface area contributed by atoms with E-state index in [1.165, 1.54) is 5.56 Å². The second-order valence-electron chi connectivity index (χ2n) is 8.08. The Morgan fingerprint density at radius 3 is 2.47 bits per heavy atom. The van der Waals surface area contributed by atoms with Crippen LogP contribution in [0.3, 0.4) is 0 Å². The van der Waals surface area contributed by atoms with Gasteiger partial charge in [0, 0.05) is 12.3 Å². The van der Waals surface area contributed by atoms with Crippen molar-refractivity contribution in [3.05, 3.63) is 89.5 Å². The molecule has 4 rings (SSSR count). The predicted molar refractivity (Wildman–Crippen MR) is 147 cm³/mol. The van der Waals surface area contributed by atoms with E-state index in [-0.39, 0.29) is 12.4 Å². The summed E-state index contributed by atoms with van der Waals surface area (Å²) in [5.74, 6) is 2.47. The van der Waals surface area contributed by atoms with E-state index in [9.17, 15) is 0 Å². The lowest BCUT2D eigenvalue weighted by Crippen LogP contribution is -2.15. The molecule has 7 nitrogen and oxygen atoms in total. The van der Waals surface area contributed by atoms with Crippen molar-refractivity contribution >= 4 is 24.2 Å². The highest BCUT2D eigenvalue weighted by Crippen LogP contribution is 2.29. The van der Waals surface area contributed by atoms with Crippen molar-refractivity contribution in [1.29, 1.82) is 0 Å². The van der Waals surface area contributed by atoms with Crippen LogP contribution in [0.25, 0.3) is 5.69 Å². The summed E-state index contributed by atoms with van der Waals surface area (Å²) in [7, 11) is 0. The molecule has 0 bridgehead atoms. The maximum absolute atomic E-state index is 6.04. The second-order valence-corrected chi connectivity index (χ2v) is 9.14. The topological polar surface area (TPSA) is 74.1 Å². The maximum atomic E-state index is 6.04. The van der Waals surface area contributed by atoms with Crippen LogP contribution in [0.15, 0.2) is 78.0 Å². The number of aryl methyl sites for hydroxylation is 1. The smallest absolute Gasteiger partial charge is 0.214 e. The number of hydrogen-bond donors (Lipinski definition) is 1. The first-order valence-electron chi connectivity index (χ1n) is 11.8. The zero-order chi connectivity index (χ0) is 24.3. The number of ether oxygens (including phenoxy) is 2. The zero-order valence-electron chi connectivity index (χ0n) is 20.6. The van der Waals surface area contributed by atoms with Crippen molar-refractivity contribution in [2.24, 2.45) is 0 Å². The van der Waals surface area contributed by atoms with Crippen LogP contribution in [0, 0.1) is 6.92 Å². The van der Waals surface area contributed by atoms with Gasteiger partial charge in [0.2, 0.25) is 5.16 Å². The van der Waals surface area contributed by atoms with Gasteiger partial charge < -0.3 is 14.8 Å². The summed E-state index contributed by atoms with van der Waals surface area (Å²) in [5, 5.41) is 16.4. The van der Waals surface area contributed by atoms with E-state index in [0.29, 0.717) is 13.2 Å². The Morgan fingerprint density at radius 2 is 1.69 bits per heavy atom. The van der Waals surface area contributed by atoms with Crippen LogP contribution in [-0.2, 0) is 13.2 Å². The molecule has 1 aromatic heterocycles. The van der Waals surface area contributed by atoms with E-state index < -0.39 is 0 Å². The molecule has 0 amide bonds. The summed E-state index contributed by atoms with van der Waals surface area (Å²) in [4.78, 5) is 0. The number of hydrogen-bond acceptors (Lipinski definition) is 7. The van der Waals surface area contributed by atoms with Gasteiger partial charge in [0.1, 0.15) is 6.61 Å². The minimum absolute atomic E-state index is 0. The zero-order valence-corrected chi connectivity index (χ0v) is 22.2. The quantitative estimate of drug-likeness (QED) is 0.179. The van der Waals surface area contributed by atoms with Gasteiger partial charge in [-0.1, -0.05) is 65.9 Å². The molecule has 36 heavy (non-hydrogen) atoms. The molecule has 0 saturated heterocycles. The number of tetrazole rings is 1. The number of thioether (sulfide) groups is 1. The molecule has 0 saturated carbocycles. The molecule has 4 aromatic rings. The number of benzene rings is 3. The monoisotopic (exact) mass is 525 g/mol. The first kappa shape index (κ1) is 27.5. The molecule has 0 aliphatic carbocycles. The molecule has 0 radical (unpaired) electrons. The second kappa shape index (κ2) is 14.5. The molecule has 3 aromatic carbocycles. The van der Waals surface area contributed by atoms with Crippen LogP contribution in [-0.4, -0.2) is 39.1 Å². The fourth-order valence-corrected chi connectivity index (χ4v) is 4.32. The van der Waals surface area contributed by atoms with E-state index in [4.69, 9.17) is 9.47 Å². The molecule has 0 unspecified atom stereocenters. The van der Waals surface area contributed by atoms with Crippen molar-refractivity contribution in [2.45, 2.75) is 38.6 Å². The minimum Gasteiger partial charge on any atom is -0.490 e. The molecular formula is C27H32ClN5O2S. The Bertz CT molecular complexity index is 1190. The summed E-state index contributed by atoms with van der Waals surface area (Å²) in [6, 6.07) is 24.5. The first-order chi connectivity index (χ1) is 17.2. The Kier molecular flexibility index (Phi) is 11.1. The van der Waals surface area contributed by atoms with Gasteiger partial charge in [-0.05, 0) is 72.6 Å². The van der Waals surface area contributed by atoms with Crippen LogP contribution in [0.1, 0.15) is 30.0 Å². The van der Waals surface area contributed by atoms with Crippen molar-refractivity contribution < 1.29 is 9.47 Å². The number of para-hydroxylation sites is 1. The standard InChI is InChI=1S/C27H31N5O2S.ClH/c1-3-33-26-18-23(14-15-25(26)34-20-22-12-10-21(2)11-13-22)19-28-16-7-17-35-27-29-30-31-32(27)24-8-5-4-6-9-24;/h4-6,8-15,18,28H,3,7,16-17,19-20H2,1-2H3;1H. The Balaban J connectivity index is 0.00000361. The lowest BCUT2D eigenvalue weighted by atomic mass is 10.1. The third-order valence-corrected chi connectivity index (χ3v) is 6.33. The average molecular weight is 526 g/mol. The van der Waals surface area contributed by atoms with Gasteiger partial charge in [-0.15, -0.1) is 17.5 Å². The van der Waals surface area contributed by atoms with Crippen LogP contribution in [0.2, 0.25) is 0 Å². The average Bonchev–Trinajstić information content (AvgIpc) is 3.36. The van der Waals surface area contributed by atoms with E-state index in [1.807, 2.05) is 43.3 Å². The summed E-state index contributed by atoms with van der Waals surface area (Å²) in [5.41, 5.74) is 4.51. The number of nitrogens with zero attached hydrogens (tertiary/aromatic N) is 4. The maximum Gasteiger partial charge on any atom is 0.214 e. The van der Waals surface area contributed by atoms with E-state index >= 15 is 0 Å². The number of aromatic nitrogens is 4. The highest BCUT2D eigenvalue weighted by atomic mass is 35.5. The molecule has 9 heteroatoms. The Labute approximate surface area is 223 Å². The third kappa shape index (κ3) is 7.98. The van der Waals surface area contributed by atoms with E-state index in [0.717, 1.165) is 58.7 Å². The normalized spacial score (nSPS) is 10.6. The van der Waals surface area contributed by atoms with E-state index in [2.05, 4.69) is 64.2 Å². The summed E-state index contributed by atoms with van der Waals surface area (Å²) in [6.45, 7) is 6.85. The first-order valence-corrected chi connectivity index (χ1v) is 12.8. The molecule has 190 valence electrons. The van der Waals surface area contributed by atoms with Crippen molar-refractivity contribution in [3.8, 4) is 17.2 Å². The molecule has 1 heterocycles. The van der Waals surface area contributed by atoms with Crippen LogP contribution >= 0.6 is 24.2 Å². The van der Waals surface area contributed by atoms with Gasteiger partial charge >= 0.3 is 0 Å². The molecule has 0 spiro atoms. The summed E-state index contributed by atoms with van der Waals surface area (Å²) >= 11 is 1.66. The molecule has 0 aliphatic heterocycles. The van der Waals surface area contributed by atoms with Gasteiger partial charge in [0.25, 0.3) is 0 Å². The predicted octanol–water partition coefficient (Wildman–Crippen LogP) is 5.64. The highest BCUT2D eigenvalue weighted by Gasteiger charge is 2.09. The van der Waals surface area contributed by atoms with Crippen LogP contribution in [0.5, 0.6) is 11.5 Å².